The number of allylic oxidation sites excluding steroid dienone is 1. The van der Waals surface area contributed by atoms with Crippen molar-refractivity contribution in [3.8, 4) is 11.5 Å². The molecule has 2 aromatic heterocycles. The third-order valence-electron chi connectivity index (χ3n) is 4.71. The maximum atomic E-state index is 12.0. The molecule has 2 heterocycles. The minimum absolute atomic E-state index is 0.0144. The molecule has 2 aromatic carbocycles. The number of carbonyl (C=O) groups excluding carboxylic acids is 1. The number of aromatic nitrogens is 2. The van der Waals surface area contributed by atoms with Gasteiger partial charge in [-0.1, -0.05) is 0 Å². The number of hydrogen-bond acceptors (Lipinski definition) is 3. The Bertz CT molecular complexity index is 1100. The van der Waals surface area contributed by atoms with Gasteiger partial charge in [0.25, 0.3) is 0 Å². The third-order valence-corrected chi connectivity index (χ3v) is 4.71. The largest absolute Gasteiger partial charge is 0.497 e. The minimum Gasteiger partial charge on any atom is -0.497 e. The van der Waals surface area contributed by atoms with Crippen molar-refractivity contribution in [1.82, 2.24) is 9.97 Å². The summed E-state index contributed by atoms with van der Waals surface area (Å²) in [6.45, 7) is 1.56. The highest BCUT2D eigenvalue weighted by Gasteiger charge is 2.16. The number of benzene rings is 2. The van der Waals surface area contributed by atoms with Crippen molar-refractivity contribution in [3.05, 3.63) is 66.0 Å². The number of methoxy groups -OCH3 is 2. The summed E-state index contributed by atoms with van der Waals surface area (Å²) in [5.41, 5.74) is 4.71. The topological polar surface area (TPSA) is 67.1 Å². The number of ketones is 1. The first-order valence-electron chi connectivity index (χ1n) is 8.64. The van der Waals surface area contributed by atoms with Gasteiger partial charge in [-0.2, -0.15) is 0 Å². The van der Waals surface area contributed by atoms with E-state index < -0.39 is 0 Å². The fourth-order valence-corrected chi connectivity index (χ4v) is 3.40. The lowest BCUT2D eigenvalue weighted by atomic mass is 9.95. The lowest BCUT2D eigenvalue weighted by Crippen LogP contribution is -1.92. The first kappa shape index (κ1) is 17.0. The number of hydrogen-bond donors (Lipinski definition) is 2. The molecule has 0 saturated heterocycles. The van der Waals surface area contributed by atoms with Crippen LogP contribution in [0, 0.1) is 0 Å². The second-order valence-corrected chi connectivity index (χ2v) is 6.40. The Labute approximate surface area is 156 Å². The highest BCUT2D eigenvalue weighted by molar-refractivity contribution is 6.09. The van der Waals surface area contributed by atoms with Gasteiger partial charge in [0.05, 0.1) is 14.2 Å². The highest BCUT2D eigenvalue weighted by atomic mass is 16.5. The molecule has 0 bridgehead atoms. The van der Waals surface area contributed by atoms with Gasteiger partial charge >= 0.3 is 0 Å². The molecule has 0 fully saturated rings. The molecule has 0 atom stereocenters. The molecular weight excluding hydrogens is 340 g/mol. The van der Waals surface area contributed by atoms with Crippen LogP contribution in [0.2, 0.25) is 0 Å². The summed E-state index contributed by atoms with van der Waals surface area (Å²) in [5.74, 6) is 1.52. The molecule has 2 N–H and O–H groups in total. The van der Waals surface area contributed by atoms with Crippen LogP contribution < -0.4 is 9.47 Å². The predicted octanol–water partition coefficient (Wildman–Crippen LogP) is 4.69. The normalized spacial score (nSPS) is 10.9. The first-order chi connectivity index (χ1) is 13.1. The molecule has 0 amide bonds. The van der Waals surface area contributed by atoms with Gasteiger partial charge < -0.3 is 19.4 Å². The van der Waals surface area contributed by atoms with Crippen LogP contribution in [0.4, 0.5) is 0 Å². The molecule has 0 spiro atoms. The third kappa shape index (κ3) is 2.97. The Kier molecular flexibility index (Phi) is 4.20. The second kappa shape index (κ2) is 6.68. The molecule has 4 aromatic rings. The molecule has 5 heteroatoms. The molecule has 0 aliphatic heterocycles. The van der Waals surface area contributed by atoms with Crippen molar-refractivity contribution in [3.63, 3.8) is 0 Å². The van der Waals surface area contributed by atoms with E-state index in [9.17, 15) is 4.79 Å². The number of fused-ring (bicyclic) bond motifs is 2. The molecule has 0 aliphatic rings. The zero-order chi connectivity index (χ0) is 19.0. The van der Waals surface area contributed by atoms with Crippen LogP contribution in [-0.4, -0.2) is 30.0 Å². The molecule has 4 rings (SSSR count). The van der Waals surface area contributed by atoms with E-state index in [4.69, 9.17) is 9.47 Å². The second-order valence-electron chi connectivity index (χ2n) is 6.40. The van der Waals surface area contributed by atoms with Crippen molar-refractivity contribution in [2.75, 3.05) is 14.2 Å². The summed E-state index contributed by atoms with van der Waals surface area (Å²) < 4.78 is 10.8. The lowest BCUT2D eigenvalue weighted by Gasteiger charge is -2.08. The SMILES string of the molecule is COc1ccc2[nH]cc(C(=CC(C)=O)c3c[nH]c4ccc(OC)cc34)c2c1. The van der Waals surface area contributed by atoms with Crippen LogP contribution in [0.25, 0.3) is 27.4 Å². The molecule has 27 heavy (non-hydrogen) atoms. The molecule has 0 saturated carbocycles. The van der Waals surface area contributed by atoms with E-state index in [1.807, 2.05) is 48.8 Å². The van der Waals surface area contributed by atoms with Crippen molar-refractivity contribution >= 4 is 33.2 Å². The van der Waals surface area contributed by atoms with Gasteiger partial charge in [0, 0.05) is 45.3 Å². The molecular formula is C22H20N2O3. The van der Waals surface area contributed by atoms with Crippen LogP contribution in [0.1, 0.15) is 18.1 Å². The Morgan fingerprint density at radius 1 is 0.852 bits per heavy atom. The predicted molar refractivity (Wildman–Crippen MR) is 107 cm³/mol. The van der Waals surface area contributed by atoms with Crippen LogP contribution in [-0.2, 0) is 4.79 Å². The molecule has 5 nitrogen and oxygen atoms in total. The van der Waals surface area contributed by atoms with E-state index >= 15 is 0 Å². The van der Waals surface area contributed by atoms with Crippen LogP contribution in [0.3, 0.4) is 0 Å². The summed E-state index contributed by atoms with van der Waals surface area (Å²) in [6.07, 6.45) is 5.53. The first-order valence-corrected chi connectivity index (χ1v) is 8.64. The number of nitrogens with one attached hydrogen (secondary N) is 2. The maximum Gasteiger partial charge on any atom is 0.153 e. The van der Waals surface area contributed by atoms with E-state index in [2.05, 4.69) is 9.97 Å². The number of aromatic amines is 2. The summed E-state index contributed by atoms with van der Waals surface area (Å²) in [7, 11) is 3.29. The van der Waals surface area contributed by atoms with Gasteiger partial charge in [0.2, 0.25) is 0 Å². The summed E-state index contributed by atoms with van der Waals surface area (Å²) >= 11 is 0. The van der Waals surface area contributed by atoms with Gasteiger partial charge in [0.1, 0.15) is 11.5 Å². The fraction of sp³-hybridized carbons (Fsp3) is 0.136. The fourth-order valence-electron chi connectivity index (χ4n) is 3.40. The monoisotopic (exact) mass is 360 g/mol. The van der Waals surface area contributed by atoms with Crippen molar-refractivity contribution in [1.29, 1.82) is 0 Å². The van der Waals surface area contributed by atoms with Crippen molar-refractivity contribution in [2.45, 2.75) is 6.92 Å². The summed E-state index contributed by atoms with van der Waals surface area (Å²) in [6, 6.07) is 11.7. The van der Waals surface area contributed by atoms with E-state index in [0.717, 1.165) is 50.0 Å². The van der Waals surface area contributed by atoms with E-state index in [0.29, 0.717) is 0 Å². The quantitative estimate of drug-likeness (QED) is 0.508. The Balaban J connectivity index is 1.98. The van der Waals surface area contributed by atoms with Crippen molar-refractivity contribution in [2.24, 2.45) is 0 Å². The molecule has 0 radical (unpaired) electrons. The van der Waals surface area contributed by atoms with Crippen molar-refractivity contribution < 1.29 is 14.3 Å². The highest BCUT2D eigenvalue weighted by Crippen LogP contribution is 2.36. The number of H-pyrrole nitrogens is 2. The summed E-state index contributed by atoms with van der Waals surface area (Å²) in [4.78, 5) is 18.6. The van der Waals surface area contributed by atoms with Gasteiger partial charge in [-0.15, -0.1) is 0 Å². The van der Waals surface area contributed by atoms with Gasteiger partial charge in [-0.25, -0.2) is 0 Å². The Morgan fingerprint density at radius 2 is 1.33 bits per heavy atom. The number of carbonyl (C=O) groups is 1. The number of ether oxygens (including phenoxy) is 2. The van der Waals surface area contributed by atoms with Gasteiger partial charge in [0.15, 0.2) is 5.78 Å². The van der Waals surface area contributed by atoms with Crippen LogP contribution in [0.5, 0.6) is 11.5 Å². The molecule has 136 valence electrons. The van der Waals surface area contributed by atoms with E-state index in [-0.39, 0.29) is 5.78 Å². The van der Waals surface area contributed by atoms with E-state index in [1.54, 1.807) is 27.2 Å². The smallest absolute Gasteiger partial charge is 0.153 e. The van der Waals surface area contributed by atoms with Crippen LogP contribution >= 0.6 is 0 Å². The Hall–Kier alpha value is -3.47. The van der Waals surface area contributed by atoms with Gasteiger partial charge in [-0.3, -0.25) is 4.79 Å². The average Bonchev–Trinajstić information content (AvgIpc) is 3.29. The average molecular weight is 360 g/mol. The summed E-state index contributed by atoms with van der Waals surface area (Å²) in [5, 5.41) is 2.00. The zero-order valence-corrected chi connectivity index (χ0v) is 15.4. The number of rotatable bonds is 5. The maximum absolute atomic E-state index is 12.0. The van der Waals surface area contributed by atoms with Crippen LogP contribution in [0.15, 0.2) is 54.9 Å². The van der Waals surface area contributed by atoms with E-state index in [1.165, 1.54) is 0 Å². The standard InChI is InChI=1S/C22H20N2O3/c1-13(25)8-16(19-11-23-21-6-4-14(26-2)9-17(19)21)20-12-24-22-7-5-15(27-3)10-18(20)22/h4-12,23-24H,1-3H3. The molecule has 0 aliphatic carbocycles. The Morgan fingerprint density at radius 3 is 1.74 bits per heavy atom. The zero-order valence-electron chi connectivity index (χ0n) is 15.4. The minimum atomic E-state index is -0.0144. The molecule has 0 unspecified atom stereocenters. The van der Waals surface area contributed by atoms with Gasteiger partial charge in [-0.05, 0) is 55.0 Å². The lowest BCUT2D eigenvalue weighted by molar-refractivity contribution is -0.112.